The van der Waals surface area contributed by atoms with Gasteiger partial charge in [0.2, 0.25) is 0 Å². The second kappa shape index (κ2) is 16.3. The van der Waals surface area contributed by atoms with Crippen molar-refractivity contribution in [3.8, 4) is 5.75 Å². The molecule has 2 aromatic rings. The third-order valence-corrected chi connectivity index (χ3v) is 9.24. The number of hydrogen-bond donors (Lipinski definition) is 3. The van der Waals surface area contributed by atoms with Gasteiger partial charge < -0.3 is 29.7 Å². The number of urea groups is 1. The Hall–Kier alpha value is -3.35. The molecule has 0 unspecified atom stereocenters. The third kappa shape index (κ3) is 10.3. The predicted molar refractivity (Wildman–Crippen MR) is 175 cm³/mol. The number of fused-ring (bicyclic) bond motifs is 1. The van der Waals surface area contributed by atoms with Crippen LogP contribution in [-0.2, 0) is 14.8 Å². The number of aliphatic hydroxyl groups is 1. The number of aliphatic hydroxyl groups excluding tert-OH is 1. The highest BCUT2D eigenvalue weighted by Gasteiger charge is 2.31. The Morgan fingerprint density at radius 1 is 1.11 bits per heavy atom. The number of anilines is 1. The average molecular weight is 647 g/mol. The van der Waals surface area contributed by atoms with Crippen LogP contribution >= 0.6 is 0 Å². The number of likely N-dealkylation sites (N-methyl/N-ethyl adjacent to an activating group) is 1. The van der Waals surface area contributed by atoms with Gasteiger partial charge in [0.25, 0.3) is 15.9 Å². The third-order valence-electron chi connectivity index (χ3n) is 7.85. The number of sulfonamides is 1. The van der Waals surface area contributed by atoms with Gasteiger partial charge in [-0.2, -0.15) is 0 Å². The Balaban J connectivity index is 1.98. The molecule has 3 N–H and O–H groups in total. The fourth-order valence-electron chi connectivity index (χ4n) is 5.09. The SMILES string of the molecule is Cc1ccc(S(=O)(=O)Nc2ccc3c(c2)C(=O)N([C@H](C)CO)C[C@H](C)[C@H](CN(C)C(=O)NC(C)C)OCCCC[C@H](C)O3)cc1. The van der Waals surface area contributed by atoms with E-state index in [0.717, 1.165) is 18.4 Å². The molecule has 0 aliphatic carbocycles. The minimum Gasteiger partial charge on any atom is -0.490 e. The smallest absolute Gasteiger partial charge is 0.317 e. The van der Waals surface area contributed by atoms with Crippen LogP contribution in [0.15, 0.2) is 47.4 Å². The topological polar surface area (TPSA) is 138 Å². The van der Waals surface area contributed by atoms with E-state index < -0.39 is 22.0 Å². The maximum Gasteiger partial charge on any atom is 0.317 e. The Bertz CT molecular complexity index is 1380. The summed E-state index contributed by atoms with van der Waals surface area (Å²) in [4.78, 5) is 30.2. The summed E-state index contributed by atoms with van der Waals surface area (Å²) in [6.07, 6.45) is 1.74. The van der Waals surface area contributed by atoms with Crippen LogP contribution < -0.4 is 14.8 Å². The molecular formula is C33H50N4O7S. The molecule has 3 rings (SSSR count). The maximum absolute atomic E-state index is 14.3. The van der Waals surface area contributed by atoms with E-state index >= 15 is 0 Å². The van der Waals surface area contributed by atoms with Gasteiger partial charge in [0.15, 0.2) is 0 Å². The van der Waals surface area contributed by atoms with Crippen LogP contribution in [0.5, 0.6) is 5.75 Å². The number of carbonyl (C=O) groups excluding carboxylic acids is 2. The largest absolute Gasteiger partial charge is 0.490 e. The first-order valence-electron chi connectivity index (χ1n) is 15.7. The summed E-state index contributed by atoms with van der Waals surface area (Å²) < 4.78 is 41.5. The molecule has 0 saturated carbocycles. The van der Waals surface area contributed by atoms with Crippen LogP contribution in [0.4, 0.5) is 10.5 Å². The average Bonchev–Trinajstić information content (AvgIpc) is 2.98. The van der Waals surface area contributed by atoms with Crippen molar-refractivity contribution < 1.29 is 32.6 Å². The molecule has 0 bridgehead atoms. The first-order chi connectivity index (χ1) is 21.2. The molecule has 0 radical (unpaired) electrons. The zero-order chi connectivity index (χ0) is 33.3. The van der Waals surface area contributed by atoms with Crippen molar-refractivity contribution >= 4 is 27.6 Å². The summed E-state index contributed by atoms with van der Waals surface area (Å²) in [6, 6.07) is 10.4. The molecule has 0 aromatic heterocycles. The van der Waals surface area contributed by atoms with Crippen LogP contribution in [0.2, 0.25) is 0 Å². The molecule has 1 aliphatic heterocycles. The Kier molecular flexibility index (Phi) is 13.1. The predicted octanol–water partition coefficient (Wildman–Crippen LogP) is 4.64. The van der Waals surface area contributed by atoms with E-state index in [9.17, 15) is 23.1 Å². The zero-order valence-electron chi connectivity index (χ0n) is 27.6. The lowest BCUT2D eigenvalue weighted by molar-refractivity contribution is -0.0122. The summed E-state index contributed by atoms with van der Waals surface area (Å²) >= 11 is 0. The number of nitrogens with zero attached hydrogens (tertiary/aromatic N) is 2. The van der Waals surface area contributed by atoms with Gasteiger partial charge in [0, 0.05) is 44.4 Å². The lowest BCUT2D eigenvalue weighted by atomic mass is 10.0. The highest BCUT2D eigenvalue weighted by molar-refractivity contribution is 7.92. The first kappa shape index (κ1) is 36.1. The van der Waals surface area contributed by atoms with Crippen molar-refractivity contribution in [3.05, 3.63) is 53.6 Å². The van der Waals surface area contributed by atoms with Gasteiger partial charge in [-0.15, -0.1) is 0 Å². The summed E-state index contributed by atoms with van der Waals surface area (Å²) in [6.45, 7) is 12.0. The molecule has 1 heterocycles. The lowest BCUT2D eigenvalue weighted by Gasteiger charge is -2.36. The van der Waals surface area contributed by atoms with Crippen LogP contribution in [0.25, 0.3) is 0 Å². The molecule has 250 valence electrons. The van der Waals surface area contributed by atoms with Gasteiger partial charge in [-0.3, -0.25) is 9.52 Å². The fourth-order valence-corrected chi connectivity index (χ4v) is 6.14. The molecule has 0 fully saturated rings. The molecule has 12 heteroatoms. The lowest BCUT2D eigenvalue weighted by Crippen LogP contribution is -2.49. The van der Waals surface area contributed by atoms with E-state index in [4.69, 9.17) is 9.47 Å². The first-order valence-corrected chi connectivity index (χ1v) is 17.1. The van der Waals surface area contributed by atoms with Gasteiger partial charge in [-0.1, -0.05) is 24.6 Å². The fraction of sp³-hybridized carbons (Fsp3) is 0.576. The Labute approximate surface area is 268 Å². The minimum absolute atomic E-state index is 0.0173. The zero-order valence-corrected chi connectivity index (χ0v) is 28.4. The summed E-state index contributed by atoms with van der Waals surface area (Å²) in [5.74, 6) is -0.293. The van der Waals surface area contributed by atoms with Crippen LogP contribution in [0, 0.1) is 12.8 Å². The highest BCUT2D eigenvalue weighted by Crippen LogP contribution is 2.29. The van der Waals surface area contributed by atoms with E-state index in [2.05, 4.69) is 10.0 Å². The summed E-state index contributed by atoms with van der Waals surface area (Å²) in [5, 5.41) is 13.1. The molecule has 45 heavy (non-hydrogen) atoms. The molecular weight excluding hydrogens is 596 g/mol. The monoisotopic (exact) mass is 646 g/mol. The van der Waals surface area contributed by atoms with Gasteiger partial charge >= 0.3 is 6.03 Å². The van der Waals surface area contributed by atoms with E-state index in [1.165, 1.54) is 18.2 Å². The Morgan fingerprint density at radius 3 is 2.44 bits per heavy atom. The second-order valence-electron chi connectivity index (χ2n) is 12.4. The molecule has 0 saturated heterocycles. The molecule has 2 aromatic carbocycles. The number of aryl methyl sites for hydroxylation is 1. The minimum atomic E-state index is -3.92. The number of amides is 3. The van der Waals surface area contributed by atoms with Crippen LogP contribution in [0.1, 0.15) is 69.8 Å². The van der Waals surface area contributed by atoms with Crippen molar-refractivity contribution in [1.29, 1.82) is 0 Å². The van der Waals surface area contributed by atoms with Crippen LogP contribution in [0.3, 0.4) is 0 Å². The van der Waals surface area contributed by atoms with Gasteiger partial charge in [-0.25, -0.2) is 13.2 Å². The molecule has 1 aliphatic rings. The van der Waals surface area contributed by atoms with Crippen LogP contribution in [-0.4, -0.2) is 92.9 Å². The van der Waals surface area contributed by atoms with Gasteiger partial charge in [0.1, 0.15) is 5.75 Å². The van der Waals surface area contributed by atoms with Crippen molar-refractivity contribution in [2.24, 2.45) is 5.92 Å². The Morgan fingerprint density at radius 2 is 1.80 bits per heavy atom. The number of nitrogens with one attached hydrogen (secondary N) is 2. The quantitative estimate of drug-likeness (QED) is 0.380. The number of carbonyl (C=O) groups is 2. The molecule has 3 amide bonds. The number of benzene rings is 2. The van der Waals surface area contributed by atoms with E-state index in [1.807, 2.05) is 34.6 Å². The van der Waals surface area contributed by atoms with E-state index in [-0.39, 0.29) is 59.5 Å². The number of rotatable bonds is 8. The highest BCUT2D eigenvalue weighted by atomic mass is 32.2. The second-order valence-corrected chi connectivity index (χ2v) is 14.1. The number of ether oxygens (including phenoxy) is 2. The van der Waals surface area contributed by atoms with Crippen molar-refractivity contribution in [2.45, 2.75) is 90.0 Å². The van der Waals surface area contributed by atoms with Crippen molar-refractivity contribution in [3.63, 3.8) is 0 Å². The van der Waals surface area contributed by atoms with E-state index in [1.54, 1.807) is 48.0 Å². The van der Waals surface area contributed by atoms with Gasteiger partial charge in [-0.05, 0) is 84.2 Å². The molecule has 0 spiro atoms. The molecule has 4 atom stereocenters. The number of hydrogen-bond acceptors (Lipinski definition) is 7. The normalized spacial score (nSPS) is 20.9. The van der Waals surface area contributed by atoms with E-state index in [0.29, 0.717) is 25.3 Å². The van der Waals surface area contributed by atoms with Gasteiger partial charge in [0.05, 0.1) is 35.3 Å². The summed E-state index contributed by atoms with van der Waals surface area (Å²) in [7, 11) is -2.21. The molecule has 11 nitrogen and oxygen atoms in total. The maximum atomic E-state index is 14.3. The van der Waals surface area contributed by atoms with Crippen molar-refractivity contribution in [1.82, 2.24) is 15.1 Å². The van der Waals surface area contributed by atoms with Crippen molar-refractivity contribution in [2.75, 3.05) is 38.1 Å². The standard InChI is InChI=1S/C33H50N4O7S/c1-22(2)34-33(40)36(7)20-31-24(4)19-37(25(5)21-38)32(39)29-18-27(35-45(41,42)28-14-11-23(3)12-15-28)13-16-30(29)44-26(6)10-8-9-17-43-31/h11-16,18,22,24-26,31,35,38H,8-10,17,19-21H2,1-7H3,(H,34,40)/t24-,25+,26-,31-/m0/s1. The summed E-state index contributed by atoms with van der Waals surface area (Å²) in [5.41, 5.74) is 1.33.